The molecule has 43 heavy (non-hydrogen) atoms. The molecule has 4 bridgehead atoms. The Balaban J connectivity index is 1.12. The molecule has 11 nitrogen and oxygen atoms in total. The highest BCUT2D eigenvalue weighted by Crippen LogP contribution is 2.60. The van der Waals surface area contributed by atoms with Gasteiger partial charge in [0, 0.05) is 35.5 Å². The quantitative estimate of drug-likeness (QED) is 0.158. The minimum atomic E-state index is -0.763. The van der Waals surface area contributed by atoms with E-state index in [0.717, 1.165) is 41.3 Å². The van der Waals surface area contributed by atoms with E-state index in [1.165, 1.54) is 19.3 Å². The minimum absolute atomic E-state index is 0.0172. The number of nitrogens with one attached hydrogen (secondary N) is 5. The van der Waals surface area contributed by atoms with Crippen molar-refractivity contribution in [3.63, 3.8) is 0 Å². The number of carbonyl (C=O) groups is 2. The maximum atomic E-state index is 14.1. The number of H-pyrrole nitrogens is 2. The van der Waals surface area contributed by atoms with E-state index in [0.29, 0.717) is 43.1 Å². The van der Waals surface area contributed by atoms with Crippen LogP contribution in [0.2, 0.25) is 0 Å². The number of fused-ring (bicyclic) bond motifs is 1. The fourth-order valence-electron chi connectivity index (χ4n) is 8.27. The first-order valence-electron chi connectivity index (χ1n) is 15.3. The number of anilines is 1. The lowest BCUT2D eigenvalue weighted by atomic mass is 9.49. The summed E-state index contributed by atoms with van der Waals surface area (Å²) in [6.07, 6.45) is 9.35. The van der Waals surface area contributed by atoms with E-state index in [9.17, 15) is 14.7 Å². The highest BCUT2D eigenvalue weighted by molar-refractivity contribution is 5.91. The number of nitrogens with zero attached hydrogens (tertiary/aromatic N) is 3. The molecule has 4 aliphatic rings. The highest BCUT2D eigenvalue weighted by atomic mass is 16.3. The van der Waals surface area contributed by atoms with Crippen LogP contribution in [-0.2, 0) is 22.4 Å². The lowest BCUT2D eigenvalue weighted by Crippen LogP contribution is -2.58. The van der Waals surface area contributed by atoms with Crippen molar-refractivity contribution in [2.24, 2.45) is 23.2 Å². The predicted octanol–water partition coefficient (Wildman–Crippen LogP) is 3.47. The molecule has 4 aliphatic carbocycles. The van der Waals surface area contributed by atoms with Crippen LogP contribution in [0.25, 0.3) is 10.9 Å². The third-order valence-electron chi connectivity index (χ3n) is 9.86. The van der Waals surface area contributed by atoms with Gasteiger partial charge in [0.25, 0.3) is 5.95 Å². The van der Waals surface area contributed by atoms with Crippen molar-refractivity contribution >= 4 is 28.7 Å². The maximum absolute atomic E-state index is 14.1. The Kier molecular flexibility index (Phi) is 7.24. The van der Waals surface area contributed by atoms with Crippen LogP contribution in [-0.4, -0.2) is 61.2 Å². The second kappa shape index (κ2) is 11.3. The molecule has 2 aromatic heterocycles. The number of phenols is 1. The molecular formula is C32H38N8O3. The van der Waals surface area contributed by atoms with Crippen LogP contribution in [0.15, 0.2) is 54.7 Å². The topological polar surface area (TPSA) is 161 Å². The minimum Gasteiger partial charge on any atom is -0.508 e. The molecule has 8 rings (SSSR count). The molecule has 224 valence electrons. The van der Waals surface area contributed by atoms with Gasteiger partial charge in [0.15, 0.2) is 0 Å². The summed E-state index contributed by atoms with van der Waals surface area (Å²) in [6.45, 7) is 0.361. The summed E-state index contributed by atoms with van der Waals surface area (Å²) >= 11 is 0. The fourth-order valence-corrected chi connectivity index (χ4v) is 8.27. The van der Waals surface area contributed by atoms with Gasteiger partial charge >= 0.3 is 0 Å². The number of aromatic amines is 2. The van der Waals surface area contributed by atoms with E-state index in [4.69, 9.17) is 0 Å². The van der Waals surface area contributed by atoms with Gasteiger partial charge in [-0.25, -0.2) is 0 Å². The summed E-state index contributed by atoms with van der Waals surface area (Å²) in [5, 5.41) is 34.5. The molecule has 6 N–H and O–H groups in total. The van der Waals surface area contributed by atoms with Gasteiger partial charge in [0.1, 0.15) is 11.8 Å². The third kappa shape index (κ3) is 5.80. The molecule has 0 aliphatic heterocycles. The standard InChI is InChI=1S/C32H38N8O3/c41-25-7-5-19(6-8-25)12-28(36-30(43)32-14-20-9-21(15-32)11-22(10-20)16-32)29(42)35-24(18-34-31-37-39-40-38-31)13-23-17-33-27-4-2-1-3-26(23)27/h1-8,17,20-22,24,28,33,41H,9-16,18H2,(H,35,42)(H,36,43)(H2,34,37,38,39,40). The number of aromatic nitrogens is 5. The largest absolute Gasteiger partial charge is 0.508 e. The van der Waals surface area contributed by atoms with Gasteiger partial charge < -0.3 is 26.0 Å². The molecule has 0 spiro atoms. The van der Waals surface area contributed by atoms with Crippen molar-refractivity contribution in [2.45, 2.75) is 63.5 Å². The first kappa shape index (κ1) is 27.4. The summed E-state index contributed by atoms with van der Waals surface area (Å²) in [6, 6.07) is 13.8. The lowest BCUT2D eigenvalue weighted by Gasteiger charge is -2.55. The number of amides is 2. The van der Waals surface area contributed by atoms with Crippen molar-refractivity contribution in [3.05, 3.63) is 65.9 Å². The molecule has 2 amide bonds. The molecule has 2 atom stereocenters. The number of carbonyl (C=O) groups excluding carboxylic acids is 2. The average molecular weight is 583 g/mol. The molecular weight excluding hydrogens is 544 g/mol. The Morgan fingerprint density at radius 3 is 2.37 bits per heavy atom. The number of rotatable bonds is 11. The van der Waals surface area contributed by atoms with Gasteiger partial charge in [-0.05, 0) is 97.2 Å². The van der Waals surface area contributed by atoms with E-state index >= 15 is 0 Å². The number of hydrogen-bond donors (Lipinski definition) is 6. The van der Waals surface area contributed by atoms with Gasteiger partial charge in [0.05, 0.1) is 6.04 Å². The van der Waals surface area contributed by atoms with E-state index in [-0.39, 0.29) is 29.0 Å². The number of phenolic OH excluding ortho intramolecular Hbond substituents is 1. The summed E-state index contributed by atoms with van der Waals surface area (Å²) in [7, 11) is 0. The third-order valence-corrected chi connectivity index (χ3v) is 9.86. The lowest BCUT2D eigenvalue weighted by molar-refractivity contribution is -0.148. The van der Waals surface area contributed by atoms with Crippen molar-refractivity contribution in [1.82, 2.24) is 36.2 Å². The smallest absolute Gasteiger partial charge is 0.263 e. The summed E-state index contributed by atoms with van der Waals surface area (Å²) < 4.78 is 0. The van der Waals surface area contributed by atoms with Crippen LogP contribution in [0.5, 0.6) is 5.75 Å². The van der Waals surface area contributed by atoms with Crippen LogP contribution >= 0.6 is 0 Å². The van der Waals surface area contributed by atoms with Crippen LogP contribution in [0.1, 0.15) is 49.7 Å². The number of tetrazole rings is 1. The van der Waals surface area contributed by atoms with Crippen LogP contribution in [0, 0.1) is 23.2 Å². The van der Waals surface area contributed by atoms with Gasteiger partial charge in [-0.15, -0.1) is 5.10 Å². The summed E-state index contributed by atoms with van der Waals surface area (Å²) in [5.74, 6) is 2.14. The summed E-state index contributed by atoms with van der Waals surface area (Å²) in [4.78, 5) is 31.4. The Bertz CT molecular complexity index is 1550. The number of hydrogen-bond acceptors (Lipinski definition) is 7. The number of benzene rings is 2. The molecule has 4 saturated carbocycles. The summed E-state index contributed by atoms with van der Waals surface area (Å²) in [5.41, 5.74) is 2.60. The van der Waals surface area contributed by atoms with Gasteiger partial charge in [0.2, 0.25) is 11.8 Å². The van der Waals surface area contributed by atoms with Crippen molar-refractivity contribution in [3.8, 4) is 5.75 Å². The normalized spacial score (nSPS) is 25.3. The second-order valence-electron chi connectivity index (χ2n) is 13.0. The van der Waals surface area contributed by atoms with E-state index in [1.807, 2.05) is 24.4 Å². The van der Waals surface area contributed by atoms with Crippen LogP contribution < -0.4 is 16.0 Å². The van der Waals surface area contributed by atoms with Crippen LogP contribution in [0.3, 0.4) is 0 Å². The van der Waals surface area contributed by atoms with Gasteiger partial charge in [-0.2, -0.15) is 5.21 Å². The van der Waals surface area contributed by atoms with E-state index in [2.05, 4.69) is 47.6 Å². The first-order chi connectivity index (χ1) is 20.9. The van der Waals surface area contributed by atoms with Crippen molar-refractivity contribution in [2.75, 3.05) is 11.9 Å². The number of aromatic hydroxyl groups is 1. The monoisotopic (exact) mass is 582 g/mol. The zero-order valence-corrected chi connectivity index (χ0v) is 24.1. The van der Waals surface area contributed by atoms with Crippen molar-refractivity contribution < 1.29 is 14.7 Å². The van der Waals surface area contributed by atoms with Crippen molar-refractivity contribution in [1.29, 1.82) is 0 Å². The Morgan fingerprint density at radius 1 is 0.953 bits per heavy atom. The SMILES string of the molecule is O=C(NC(CNc1nn[nH]n1)Cc1c[nH]c2ccccc12)C(Cc1ccc(O)cc1)NC(=O)C12CC3CC(CC(C3)C1)C2. The molecule has 2 unspecified atom stereocenters. The average Bonchev–Trinajstić information content (AvgIpc) is 3.66. The number of para-hydroxylation sites is 1. The molecule has 11 heteroatoms. The molecule has 2 heterocycles. The Labute approximate surface area is 249 Å². The maximum Gasteiger partial charge on any atom is 0.263 e. The molecule has 4 aromatic rings. The van der Waals surface area contributed by atoms with Gasteiger partial charge in [-0.3, -0.25) is 9.59 Å². The van der Waals surface area contributed by atoms with Crippen LogP contribution in [0.4, 0.5) is 5.95 Å². The molecule has 0 saturated heterocycles. The zero-order chi connectivity index (χ0) is 29.4. The Hall–Kier alpha value is -4.41. The first-order valence-corrected chi connectivity index (χ1v) is 15.3. The van der Waals surface area contributed by atoms with E-state index < -0.39 is 6.04 Å². The second-order valence-corrected chi connectivity index (χ2v) is 13.0. The van der Waals surface area contributed by atoms with Gasteiger partial charge in [-0.1, -0.05) is 35.4 Å². The predicted molar refractivity (Wildman–Crippen MR) is 161 cm³/mol. The van der Waals surface area contributed by atoms with E-state index in [1.54, 1.807) is 24.3 Å². The molecule has 2 aromatic carbocycles. The zero-order valence-electron chi connectivity index (χ0n) is 24.1. The molecule has 0 radical (unpaired) electrons. The fraction of sp³-hybridized carbons (Fsp3) is 0.469. The Morgan fingerprint density at radius 2 is 1.67 bits per heavy atom. The molecule has 4 fully saturated rings. The highest BCUT2D eigenvalue weighted by Gasteiger charge is 2.55.